The number of nitrogens with one attached hydrogen (secondary N) is 3. The molecular formula is C24H24BrN3O4S. The number of ether oxygens (including phenoxy) is 2. The summed E-state index contributed by atoms with van der Waals surface area (Å²) in [7, 11) is 0. The monoisotopic (exact) mass is 529 g/mol. The summed E-state index contributed by atoms with van der Waals surface area (Å²) in [6.07, 6.45) is 0. The Balaban J connectivity index is 1.46. The Labute approximate surface area is 205 Å². The zero-order chi connectivity index (χ0) is 23.8. The molecule has 0 aliphatic heterocycles. The second-order valence-electron chi connectivity index (χ2n) is 7.58. The number of hydrogen-bond acceptors (Lipinski definition) is 5. The van der Waals surface area contributed by atoms with Crippen LogP contribution in [0.3, 0.4) is 0 Å². The predicted octanol–water partition coefficient (Wildman–Crippen LogP) is 4.35. The summed E-state index contributed by atoms with van der Waals surface area (Å²) in [4.78, 5) is 24.5. The predicted molar refractivity (Wildman–Crippen MR) is 135 cm³/mol. The van der Waals surface area contributed by atoms with Crippen molar-refractivity contribution in [3.05, 3.63) is 70.7 Å². The van der Waals surface area contributed by atoms with Gasteiger partial charge in [-0.1, -0.05) is 50.2 Å². The van der Waals surface area contributed by atoms with E-state index in [0.717, 1.165) is 15.2 Å². The average molecular weight is 530 g/mol. The van der Waals surface area contributed by atoms with Gasteiger partial charge in [0.25, 0.3) is 11.8 Å². The van der Waals surface area contributed by atoms with Crippen LogP contribution in [0.2, 0.25) is 0 Å². The van der Waals surface area contributed by atoms with Gasteiger partial charge in [0.05, 0.1) is 11.1 Å². The number of carbonyl (C=O) groups is 2. The van der Waals surface area contributed by atoms with Crippen molar-refractivity contribution in [2.24, 2.45) is 5.92 Å². The second-order valence-corrected chi connectivity index (χ2v) is 8.78. The van der Waals surface area contributed by atoms with Crippen molar-refractivity contribution in [2.75, 3.05) is 13.2 Å². The van der Waals surface area contributed by atoms with Gasteiger partial charge in [-0.25, -0.2) is 0 Å². The summed E-state index contributed by atoms with van der Waals surface area (Å²) < 4.78 is 12.0. The number of benzene rings is 3. The fraction of sp³-hybridized carbons (Fsp3) is 0.208. The van der Waals surface area contributed by atoms with Crippen LogP contribution < -0.4 is 25.6 Å². The van der Waals surface area contributed by atoms with E-state index in [-0.39, 0.29) is 11.7 Å². The number of carbonyl (C=O) groups excluding carboxylic acids is 2. The van der Waals surface area contributed by atoms with E-state index in [4.69, 9.17) is 21.7 Å². The zero-order valence-corrected chi connectivity index (χ0v) is 20.6. The van der Waals surface area contributed by atoms with E-state index in [1.807, 2.05) is 44.2 Å². The summed E-state index contributed by atoms with van der Waals surface area (Å²) in [5, 5.41) is 4.50. The molecule has 0 aliphatic carbocycles. The lowest BCUT2D eigenvalue weighted by Gasteiger charge is -2.13. The highest BCUT2D eigenvalue weighted by atomic mass is 79.9. The van der Waals surface area contributed by atoms with Crippen LogP contribution in [0.25, 0.3) is 10.8 Å². The van der Waals surface area contributed by atoms with Gasteiger partial charge >= 0.3 is 0 Å². The molecule has 33 heavy (non-hydrogen) atoms. The van der Waals surface area contributed by atoms with E-state index >= 15 is 0 Å². The maximum absolute atomic E-state index is 12.4. The maximum atomic E-state index is 12.4. The molecule has 3 N–H and O–H groups in total. The molecule has 2 amide bonds. The van der Waals surface area contributed by atoms with E-state index < -0.39 is 11.8 Å². The van der Waals surface area contributed by atoms with Gasteiger partial charge < -0.3 is 9.47 Å². The quantitative estimate of drug-likeness (QED) is 0.311. The standard InChI is InChI=1S/C24H24BrN3O4S/c1-15(2)13-31-18-8-5-7-17(12-18)23(30)26-24(33)28-27-21(29)14-32-20-11-10-16-6-3-4-9-19(16)22(20)25/h3-12,15H,13-14H2,1-2H3,(H,27,29)(H2,26,28,30,33). The van der Waals surface area contributed by atoms with Gasteiger partial charge in [0.2, 0.25) is 0 Å². The second kappa shape index (κ2) is 11.6. The lowest BCUT2D eigenvalue weighted by atomic mass is 10.1. The first-order valence-electron chi connectivity index (χ1n) is 10.3. The van der Waals surface area contributed by atoms with Crippen LogP contribution >= 0.6 is 28.1 Å². The first kappa shape index (κ1) is 24.5. The Morgan fingerprint density at radius 2 is 1.79 bits per heavy atom. The van der Waals surface area contributed by atoms with Crippen molar-refractivity contribution in [3.8, 4) is 11.5 Å². The highest BCUT2D eigenvalue weighted by Gasteiger charge is 2.11. The fourth-order valence-electron chi connectivity index (χ4n) is 2.83. The van der Waals surface area contributed by atoms with Crippen LogP contribution in [0, 0.1) is 5.92 Å². The Bertz CT molecular complexity index is 1170. The highest BCUT2D eigenvalue weighted by molar-refractivity contribution is 9.10. The van der Waals surface area contributed by atoms with Crippen LogP contribution in [0.1, 0.15) is 24.2 Å². The molecule has 0 atom stereocenters. The van der Waals surface area contributed by atoms with Gasteiger partial charge in [-0.05, 0) is 69.1 Å². The van der Waals surface area contributed by atoms with Gasteiger partial charge in [-0.2, -0.15) is 0 Å². The number of amides is 2. The van der Waals surface area contributed by atoms with E-state index in [1.165, 1.54) is 0 Å². The largest absolute Gasteiger partial charge is 0.493 e. The molecule has 0 spiro atoms. The summed E-state index contributed by atoms with van der Waals surface area (Å²) in [5.41, 5.74) is 5.28. The van der Waals surface area contributed by atoms with Crippen LogP contribution in [-0.4, -0.2) is 30.1 Å². The van der Waals surface area contributed by atoms with E-state index in [9.17, 15) is 9.59 Å². The molecule has 0 unspecified atom stereocenters. The lowest BCUT2D eigenvalue weighted by molar-refractivity contribution is -0.123. The molecule has 172 valence electrons. The van der Waals surface area contributed by atoms with Crippen LogP contribution in [-0.2, 0) is 4.79 Å². The third-order valence-electron chi connectivity index (χ3n) is 4.41. The first-order chi connectivity index (χ1) is 15.8. The third-order valence-corrected chi connectivity index (χ3v) is 5.43. The highest BCUT2D eigenvalue weighted by Crippen LogP contribution is 2.32. The van der Waals surface area contributed by atoms with Gasteiger partial charge in [-0.3, -0.25) is 25.8 Å². The van der Waals surface area contributed by atoms with Gasteiger partial charge in [0.15, 0.2) is 11.7 Å². The van der Waals surface area contributed by atoms with Gasteiger partial charge in [0.1, 0.15) is 11.5 Å². The molecule has 0 heterocycles. The number of hydrazine groups is 1. The van der Waals surface area contributed by atoms with Gasteiger partial charge in [-0.15, -0.1) is 0 Å². The van der Waals surface area contributed by atoms with Crippen molar-refractivity contribution in [2.45, 2.75) is 13.8 Å². The molecule has 0 fully saturated rings. The fourth-order valence-corrected chi connectivity index (χ4v) is 3.58. The Morgan fingerprint density at radius 3 is 2.58 bits per heavy atom. The Kier molecular flexibility index (Phi) is 8.62. The van der Waals surface area contributed by atoms with Crippen molar-refractivity contribution >= 4 is 55.8 Å². The molecular weight excluding hydrogens is 506 g/mol. The lowest BCUT2D eigenvalue weighted by Crippen LogP contribution is -2.49. The van der Waals surface area contributed by atoms with Crippen molar-refractivity contribution in [1.29, 1.82) is 0 Å². The van der Waals surface area contributed by atoms with E-state index in [0.29, 0.717) is 29.6 Å². The number of rotatable bonds is 7. The van der Waals surface area contributed by atoms with Crippen molar-refractivity contribution in [1.82, 2.24) is 16.2 Å². The van der Waals surface area contributed by atoms with Crippen LogP contribution in [0.4, 0.5) is 0 Å². The number of hydrogen-bond donors (Lipinski definition) is 3. The molecule has 0 saturated heterocycles. The SMILES string of the molecule is CC(C)COc1cccc(C(=O)NC(=S)NNC(=O)COc2ccc3ccccc3c2Br)c1. The maximum Gasteiger partial charge on any atom is 0.276 e. The Morgan fingerprint density at radius 1 is 1.00 bits per heavy atom. The minimum Gasteiger partial charge on any atom is -0.493 e. The number of halogens is 1. The van der Waals surface area contributed by atoms with Gasteiger partial charge in [0, 0.05) is 5.56 Å². The molecule has 3 rings (SSSR count). The molecule has 0 saturated carbocycles. The molecule has 9 heteroatoms. The van der Waals surface area contributed by atoms with Crippen molar-refractivity contribution in [3.63, 3.8) is 0 Å². The zero-order valence-electron chi connectivity index (χ0n) is 18.2. The molecule has 3 aromatic rings. The van der Waals surface area contributed by atoms with E-state index in [2.05, 4.69) is 32.1 Å². The summed E-state index contributed by atoms with van der Waals surface area (Å²) >= 11 is 8.60. The summed E-state index contributed by atoms with van der Waals surface area (Å²) in [6, 6.07) is 18.3. The molecule has 0 aromatic heterocycles. The number of thiocarbonyl (C=S) groups is 1. The minimum atomic E-state index is -0.462. The normalized spacial score (nSPS) is 10.5. The third kappa shape index (κ3) is 7.16. The van der Waals surface area contributed by atoms with Crippen LogP contribution in [0.15, 0.2) is 65.1 Å². The Hall–Kier alpha value is -3.17. The first-order valence-corrected chi connectivity index (χ1v) is 11.5. The minimum absolute atomic E-state index is 0.0475. The van der Waals surface area contributed by atoms with E-state index in [1.54, 1.807) is 30.3 Å². The molecule has 3 aromatic carbocycles. The molecule has 0 radical (unpaired) electrons. The average Bonchev–Trinajstić information content (AvgIpc) is 2.81. The number of fused-ring (bicyclic) bond motifs is 1. The summed E-state index contributed by atoms with van der Waals surface area (Å²) in [6.45, 7) is 4.39. The smallest absolute Gasteiger partial charge is 0.276 e. The molecule has 7 nitrogen and oxygen atoms in total. The molecule has 0 bridgehead atoms. The van der Waals surface area contributed by atoms with Crippen molar-refractivity contribution < 1.29 is 19.1 Å². The summed E-state index contributed by atoms with van der Waals surface area (Å²) in [5.74, 6) is 0.623. The van der Waals surface area contributed by atoms with Crippen LogP contribution in [0.5, 0.6) is 11.5 Å². The molecule has 0 aliphatic rings. The topological polar surface area (TPSA) is 88.7 Å².